The van der Waals surface area contributed by atoms with Crippen molar-refractivity contribution in [2.45, 2.75) is 25.7 Å². The van der Waals surface area contributed by atoms with Crippen LogP contribution in [0.25, 0.3) is 11.2 Å². The molecule has 2 N–H and O–H groups in total. The number of aryl methyl sites for hydroxylation is 1. The second-order valence-corrected chi connectivity index (χ2v) is 7.03. The van der Waals surface area contributed by atoms with Gasteiger partial charge in [-0.1, -0.05) is 0 Å². The first-order valence-corrected chi connectivity index (χ1v) is 9.65. The summed E-state index contributed by atoms with van der Waals surface area (Å²) in [5, 5.41) is 2.79. The van der Waals surface area contributed by atoms with Crippen molar-refractivity contribution in [1.82, 2.24) is 29.3 Å². The average molecular weight is 406 g/mol. The molecule has 0 bridgehead atoms. The molecular formula is C18H26N6O5. The topological polar surface area (TPSA) is 131 Å². The lowest BCUT2D eigenvalue weighted by Gasteiger charge is -2.26. The van der Waals surface area contributed by atoms with Crippen LogP contribution in [-0.2, 0) is 34.8 Å². The summed E-state index contributed by atoms with van der Waals surface area (Å²) in [7, 11) is 2.96. The highest BCUT2D eigenvalue weighted by atomic mass is 16.5. The van der Waals surface area contributed by atoms with E-state index in [0.717, 1.165) is 4.57 Å². The molecule has 0 saturated carbocycles. The molecule has 0 radical (unpaired) electrons. The van der Waals surface area contributed by atoms with Gasteiger partial charge >= 0.3 is 5.69 Å². The number of carbonyl (C=O) groups is 2. The lowest BCUT2D eigenvalue weighted by Crippen LogP contribution is -2.40. The number of carbonyl (C=O) groups excluding carboxylic acids is 2. The van der Waals surface area contributed by atoms with Gasteiger partial charge in [0.2, 0.25) is 11.8 Å². The van der Waals surface area contributed by atoms with E-state index < -0.39 is 11.2 Å². The normalized spacial score (nSPS) is 14.3. The molecule has 0 spiro atoms. The lowest BCUT2D eigenvalue weighted by molar-refractivity contribution is -0.135. The zero-order chi connectivity index (χ0) is 21.0. The largest absolute Gasteiger partial charge is 0.378 e. The maximum absolute atomic E-state index is 12.2. The van der Waals surface area contributed by atoms with Crippen LogP contribution in [0.3, 0.4) is 0 Å². The SMILES string of the molecule is Cn1c(=O)c2[nH]c(CCNC(=O)CCCC(=O)N3CCOCC3)nc2n(C)c1=O. The van der Waals surface area contributed by atoms with Crippen molar-refractivity contribution < 1.29 is 14.3 Å². The number of aromatic amines is 1. The van der Waals surface area contributed by atoms with Gasteiger partial charge in [0.15, 0.2) is 5.65 Å². The Hall–Kier alpha value is -2.95. The molecule has 0 aliphatic carbocycles. The second-order valence-electron chi connectivity index (χ2n) is 7.03. The molecule has 11 heteroatoms. The molecular weight excluding hydrogens is 380 g/mol. The summed E-state index contributed by atoms with van der Waals surface area (Å²) in [5.74, 6) is 0.427. The molecule has 158 valence electrons. The molecule has 3 heterocycles. The van der Waals surface area contributed by atoms with Gasteiger partial charge in [-0.2, -0.15) is 0 Å². The van der Waals surface area contributed by atoms with Gasteiger partial charge in [0.1, 0.15) is 11.3 Å². The van der Waals surface area contributed by atoms with Crippen LogP contribution in [0, 0.1) is 0 Å². The fourth-order valence-corrected chi connectivity index (χ4v) is 3.27. The molecule has 1 aliphatic rings. The van der Waals surface area contributed by atoms with E-state index in [0.29, 0.717) is 63.6 Å². The third-order valence-corrected chi connectivity index (χ3v) is 4.99. The lowest BCUT2D eigenvalue weighted by atomic mass is 10.2. The monoisotopic (exact) mass is 406 g/mol. The van der Waals surface area contributed by atoms with Gasteiger partial charge < -0.3 is 19.9 Å². The highest BCUT2D eigenvalue weighted by molar-refractivity contribution is 5.79. The fraction of sp³-hybridized carbons (Fsp3) is 0.611. The number of fused-ring (bicyclic) bond motifs is 1. The number of hydrogen-bond acceptors (Lipinski definition) is 6. The first-order valence-electron chi connectivity index (χ1n) is 9.65. The van der Waals surface area contributed by atoms with Gasteiger partial charge in [0, 0.05) is 53.0 Å². The van der Waals surface area contributed by atoms with Crippen LogP contribution in [-0.4, -0.2) is 68.7 Å². The van der Waals surface area contributed by atoms with Crippen LogP contribution in [0.5, 0.6) is 0 Å². The fourth-order valence-electron chi connectivity index (χ4n) is 3.27. The van der Waals surface area contributed by atoms with Crippen molar-refractivity contribution in [2.75, 3.05) is 32.8 Å². The number of nitrogens with zero attached hydrogens (tertiary/aromatic N) is 4. The van der Waals surface area contributed by atoms with Gasteiger partial charge in [-0.3, -0.25) is 23.5 Å². The number of H-pyrrole nitrogens is 1. The van der Waals surface area contributed by atoms with Crippen LogP contribution in [0.4, 0.5) is 0 Å². The molecule has 2 amide bonds. The van der Waals surface area contributed by atoms with Gasteiger partial charge in [0.25, 0.3) is 5.56 Å². The number of imidazole rings is 1. The van der Waals surface area contributed by atoms with Crippen LogP contribution in [0.1, 0.15) is 25.1 Å². The van der Waals surface area contributed by atoms with Gasteiger partial charge in [-0.05, 0) is 6.42 Å². The van der Waals surface area contributed by atoms with E-state index in [1.54, 1.807) is 11.9 Å². The molecule has 0 atom stereocenters. The van der Waals surface area contributed by atoms with Crippen LogP contribution in [0.15, 0.2) is 9.59 Å². The maximum Gasteiger partial charge on any atom is 0.332 e. The van der Waals surface area contributed by atoms with Crippen LogP contribution < -0.4 is 16.6 Å². The number of hydrogen-bond donors (Lipinski definition) is 2. The van der Waals surface area contributed by atoms with Crippen LogP contribution in [0.2, 0.25) is 0 Å². The summed E-state index contributed by atoms with van der Waals surface area (Å²) in [6.07, 6.45) is 1.49. The summed E-state index contributed by atoms with van der Waals surface area (Å²) in [6, 6.07) is 0. The maximum atomic E-state index is 12.2. The highest BCUT2D eigenvalue weighted by Crippen LogP contribution is 2.06. The van der Waals surface area contributed by atoms with Crippen LogP contribution >= 0.6 is 0 Å². The smallest absolute Gasteiger partial charge is 0.332 e. The molecule has 0 aromatic carbocycles. The Labute approximate surface area is 166 Å². The van der Waals surface area contributed by atoms with E-state index in [1.165, 1.54) is 11.6 Å². The first kappa shape index (κ1) is 20.8. The second kappa shape index (κ2) is 9.03. The standard InChI is InChI=1S/C18H26N6O5/c1-22-16-15(17(27)23(2)18(22)28)20-12(21-16)6-7-19-13(25)4-3-5-14(26)24-8-10-29-11-9-24/h3-11H2,1-2H3,(H,19,25)(H,20,21). The minimum atomic E-state index is -0.444. The molecule has 1 fully saturated rings. The van der Waals surface area contributed by atoms with E-state index in [1.807, 2.05) is 0 Å². The molecule has 0 unspecified atom stereocenters. The molecule has 2 aromatic heterocycles. The summed E-state index contributed by atoms with van der Waals surface area (Å²) in [5.41, 5.74) is -0.324. The zero-order valence-corrected chi connectivity index (χ0v) is 16.7. The molecule has 11 nitrogen and oxygen atoms in total. The zero-order valence-electron chi connectivity index (χ0n) is 16.7. The number of nitrogens with one attached hydrogen (secondary N) is 2. The van der Waals surface area contributed by atoms with Crippen molar-refractivity contribution in [2.24, 2.45) is 14.1 Å². The molecule has 2 aromatic rings. The van der Waals surface area contributed by atoms with E-state index in [9.17, 15) is 19.2 Å². The summed E-state index contributed by atoms with van der Waals surface area (Å²) < 4.78 is 7.54. The molecule has 29 heavy (non-hydrogen) atoms. The predicted molar refractivity (Wildman–Crippen MR) is 105 cm³/mol. The minimum absolute atomic E-state index is 0.0515. The van der Waals surface area contributed by atoms with E-state index >= 15 is 0 Å². The molecule has 3 rings (SSSR count). The first-order chi connectivity index (χ1) is 13.9. The number of rotatable bonds is 7. The minimum Gasteiger partial charge on any atom is -0.378 e. The quantitative estimate of drug-likeness (QED) is 0.584. The molecule has 1 aliphatic heterocycles. The van der Waals surface area contributed by atoms with Gasteiger partial charge in [0.05, 0.1) is 13.2 Å². The van der Waals surface area contributed by atoms with Gasteiger partial charge in [-0.25, -0.2) is 9.78 Å². The Kier molecular flexibility index (Phi) is 6.47. The van der Waals surface area contributed by atoms with E-state index in [2.05, 4.69) is 15.3 Å². The number of morpholine rings is 1. The van der Waals surface area contributed by atoms with Crippen molar-refractivity contribution in [3.05, 3.63) is 26.7 Å². The Morgan fingerprint density at radius 1 is 1.14 bits per heavy atom. The Morgan fingerprint density at radius 2 is 1.86 bits per heavy atom. The third kappa shape index (κ3) is 4.73. The van der Waals surface area contributed by atoms with Crippen molar-refractivity contribution >= 4 is 23.0 Å². The number of aromatic nitrogens is 4. The van der Waals surface area contributed by atoms with Crippen molar-refractivity contribution in [3.8, 4) is 0 Å². The third-order valence-electron chi connectivity index (χ3n) is 4.99. The summed E-state index contributed by atoms with van der Waals surface area (Å²) >= 11 is 0. The van der Waals surface area contributed by atoms with E-state index in [4.69, 9.17) is 4.74 Å². The summed E-state index contributed by atoms with van der Waals surface area (Å²) in [6.45, 7) is 2.68. The Bertz CT molecular complexity index is 1010. The predicted octanol–water partition coefficient (Wildman–Crippen LogP) is -1.35. The Morgan fingerprint density at radius 3 is 2.59 bits per heavy atom. The van der Waals surface area contributed by atoms with Crippen molar-refractivity contribution in [3.63, 3.8) is 0 Å². The highest BCUT2D eigenvalue weighted by Gasteiger charge is 2.17. The summed E-state index contributed by atoms with van der Waals surface area (Å²) in [4.78, 5) is 57.1. The average Bonchev–Trinajstić information content (AvgIpc) is 3.15. The Balaban J connectivity index is 1.45. The van der Waals surface area contributed by atoms with E-state index in [-0.39, 0.29) is 23.8 Å². The number of ether oxygens (including phenoxy) is 1. The van der Waals surface area contributed by atoms with Gasteiger partial charge in [-0.15, -0.1) is 0 Å². The molecule has 1 saturated heterocycles. The van der Waals surface area contributed by atoms with Crippen molar-refractivity contribution in [1.29, 1.82) is 0 Å². The number of amides is 2.